The van der Waals surface area contributed by atoms with Gasteiger partial charge in [0.25, 0.3) is 11.8 Å². The zero-order chi connectivity index (χ0) is 19.2. The van der Waals surface area contributed by atoms with Crippen molar-refractivity contribution in [1.82, 2.24) is 15.8 Å². The van der Waals surface area contributed by atoms with E-state index in [9.17, 15) is 9.59 Å². The number of hydrogen-bond donors (Lipinski definition) is 2. The van der Waals surface area contributed by atoms with E-state index in [-0.39, 0.29) is 5.69 Å². The fourth-order valence-electron chi connectivity index (χ4n) is 2.67. The number of aromatic nitrogens is 1. The van der Waals surface area contributed by atoms with Crippen molar-refractivity contribution in [3.63, 3.8) is 0 Å². The molecule has 1 saturated heterocycles. The third-order valence-electron chi connectivity index (χ3n) is 4.15. The molecule has 0 bridgehead atoms. The molecule has 0 radical (unpaired) electrons. The Labute approximate surface area is 162 Å². The van der Waals surface area contributed by atoms with Gasteiger partial charge in [0.15, 0.2) is 5.13 Å². The molecule has 27 heavy (non-hydrogen) atoms. The van der Waals surface area contributed by atoms with Gasteiger partial charge in [0.1, 0.15) is 5.69 Å². The lowest BCUT2D eigenvalue weighted by atomic mass is 10.1. The van der Waals surface area contributed by atoms with Crippen LogP contribution in [0, 0.1) is 13.8 Å². The normalized spacial score (nSPS) is 14.4. The standard InChI is InChI=1S/C19H22N4O3S/c1-13-3-4-15(14(2)11-13)5-6-17(24)21-22-18(25)16-12-27-19(20-16)23-7-9-26-10-8-23/h3-6,11-12H,7-10H2,1-2H3,(H,21,24)(H,22,25)/b6-5+. The number of amides is 2. The number of carbonyl (C=O) groups excluding carboxylic acids is 2. The van der Waals surface area contributed by atoms with Gasteiger partial charge in [-0.25, -0.2) is 4.98 Å². The number of hydrazine groups is 1. The monoisotopic (exact) mass is 386 g/mol. The van der Waals surface area contributed by atoms with E-state index in [0.29, 0.717) is 13.2 Å². The Bertz CT molecular complexity index is 856. The number of rotatable bonds is 4. The number of thiazole rings is 1. The molecule has 1 aliphatic heterocycles. The zero-order valence-electron chi connectivity index (χ0n) is 15.3. The molecule has 2 aromatic rings. The minimum Gasteiger partial charge on any atom is -0.378 e. The van der Waals surface area contributed by atoms with Crippen LogP contribution in [0.1, 0.15) is 27.2 Å². The lowest BCUT2D eigenvalue weighted by Gasteiger charge is -2.25. The average molecular weight is 386 g/mol. The summed E-state index contributed by atoms with van der Waals surface area (Å²) in [5.74, 6) is -0.856. The third-order valence-corrected chi connectivity index (χ3v) is 5.05. The first-order valence-electron chi connectivity index (χ1n) is 8.67. The number of anilines is 1. The van der Waals surface area contributed by atoms with E-state index in [0.717, 1.165) is 29.3 Å². The summed E-state index contributed by atoms with van der Waals surface area (Å²) in [6.45, 7) is 6.84. The van der Waals surface area contributed by atoms with Crippen LogP contribution in [0.4, 0.5) is 5.13 Å². The van der Waals surface area contributed by atoms with Crippen LogP contribution in [0.3, 0.4) is 0 Å². The van der Waals surface area contributed by atoms with Gasteiger partial charge in [0, 0.05) is 24.5 Å². The summed E-state index contributed by atoms with van der Waals surface area (Å²) >= 11 is 1.40. The lowest BCUT2D eigenvalue weighted by molar-refractivity contribution is -0.117. The highest BCUT2D eigenvalue weighted by atomic mass is 32.1. The maximum absolute atomic E-state index is 12.2. The second-order valence-corrected chi connectivity index (χ2v) is 7.09. The Kier molecular flexibility index (Phi) is 6.20. The zero-order valence-corrected chi connectivity index (χ0v) is 16.1. The third kappa shape index (κ3) is 5.15. The van der Waals surface area contributed by atoms with Gasteiger partial charge in [-0.15, -0.1) is 11.3 Å². The van der Waals surface area contributed by atoms with Crippen LogP contribution in [0.25, 0.3) is 6.08 Å². The predicted octanol–water partition coefficient (Wildman–Crippen LogP) is 2.07. The average Bonchev–Trinajstić information content (AvgIpc) is 3.16. The van der Waals surface area contributed by atoms with E-state index in [1.807, 2.05) is 32.0 Å². The Morgan fingerprint density at radius 2 is 2.00 bits per heavy atom. The van der Waals surface area contributed by atoms with E-state index in [1.54, 1.807) is 11.5 Å². The molecular formula is C19H22N4O3S. The van der Waals surface area contributed by atoms with Gasteiger partial charge in [-0.05, 0) is 31.1 Å². The van der Waals surface area contributed by atoms with Crippen molar-refractivity contribution in [3.05, 3.63) is 52.0 Å². The lowest BCUT2D eigenvalue weighted by Crippen LogP contribution is -2.41. The van der Waals surface area contributed by atoms with Crippen molar-refractivity contribution in [2.45, 2.75) is 13.8 Å². The van der Waals surface area contributed by atoms with E-state index >= 15 is 0 Å². The topological polar surface area (TPSA) is 83.6 Å². The summed E-state index contributed by atoms with van der Waals surface area (Å²) in [6, 6.07) is 5.99. The van der Waals surface area contributed by atoms with E-state index in [1.165, 1.54) is 23.0 Å². The molecule has 1 fully saturated rings. The molecule has 1 aliphatic rings. The first-order valence-corrected chi connectivity index (χ1v) is 9.55. The minimum absolute atomic E-state index is 0.278. The summed E-state index contributed by atoms with van der Waals surface area (Å²) in [5.41, 5.74) is 8.25. The highest BCUT2D eigenvalue weighted by Gasteiger charge is 2.17. The van der Waals surface area contributed by atoms with E-state index in [2.05, 4.69) is 20.7 Å². The van der Waals surface area contributed by atoms with Crippen molar-refractivity contribution < 1.29 is 14.3 Å². The van der Waals surface area contributed by atoms with Gasteiger partial charge in [-0.1, -0.05) is 23.8 Å². The maximum atomic E-state index is 12.2. The van der Waals surface area contributed by atoms with Crippen LogP contribution in [-0.2, 0) is 9.53 Å². The number of hydrogen-bond acceptors (Lipinski definition) is 6. The number of carbonyl (C=O) groups is 2. The second-order valence-electron chi connectivity index (χ2n) is 6.25. The van der Waals surface area contributed by atoms with Crippen LogP contribution in [0.2, 0.25) is 0 Å². The second kappa shape index (κ2) is 8.79. The quantitative estimate of drug-likeness (QED) is 0.621. The molecule has 0 aliphatic carbocycles. The van der Waals surface area contributed by atoms with Crippen molar-refractivity contribution in [3.8, 4) is 0 Å². The predicted molar refractivity (Wildman–Crippen MR) is 106 cm³/mol. The van der Waals surface area contributed by atoms with Crippen molar-refractivity contribution in [2.75, 3.05) is 31.2 Å². The van der Waals surface area contributed by atoms with E-state index in [4.69, 9.17) is 4.74 Å². The molecule has 1 aromatic heterocycles. The molecule has 0 saturated carbocycles. The van der Waals surface area contributed by atoms with Gasteiger partial charge in [-0.2, -0.15) is 0 Å². The summed E-state index contributed by atoms with van der Waals surface area (Å²) < 4.78 is 5.31. The Hall–Kier alpha value is -2.71. The summed E-state index contributed by atoms with van der Waals surface area (Å²) in [6.07, 6.45) is 3.10. The van der Waals surface area contributed by atoms with Crippen LogP contribution >= 0.6 is 11.3 Å². The molecule has 0 atom stereocenters. The van der Waals surface area contributed by atoms with Crippen molar-refractivity contribution >= 4 is 34.4 Å². The van der Waals surface area contributed by atoms with Crippen LogP contribution < -0.4 is 15.8 Å². The van der Waals surface area contributed by atoms with Crippen LogP contribution in [-0.4, -0.2) is 43.1 Å². The smallest absolute Gasteiger partial charge is 0.289 e. The molecule has 142 valence electrons. The summed E-state index contributed by atoms with van der Waals surface area (Å²) in [4.78, 5) is 30.5. The van der Waals surface area contributed by atoms with E-state index < -0.39 is 11.8 Å². The molecule has 7 nitrogen and oxygen atoms in total. The number of ether oxygens (including phenoxy) is 1. The molecule has 2 heterocycles. The number of nitrogens with zero attached hydrogens (tertiary/aromatic N) is 2. The molecule has 2 amide bonds. The highest BCUT2D eigenvalue weighted by Crippen LogP contribution is 2.21. The molecule has 0 spiro atoms. The molecule has 3 rings (SSSR count). The fraction of sp³-hybridized carbons (Fsp3) is 0.316. The van der Waals surface area contributed by atoms with Gasteiger partial charge in [0.05, 0.1) is 13.2 Å². The largest absolute Gasteiger partial charge is 0.378 e. The highest BCUT2D eigenvalue weighted by molar-refractivity contribution is 7.13. The number of nitrogens with one attached hydrogen (secondary N) is 2. The number of aryl methyl sites for hydroxylation is 2. The fourth-order valence-corrected chi connectivity index (χ4v) is 3.53. The van der Waals surface area contributed by atoms with Crippen LogP contribution in [0.5, 0.6) is 0 Å². The van der Waals surface area contributed by atoms with Gasteiger partial charge in [0.2, 0.25) is 0 Å². The molecular weight excluding hydrogens is 364 g/mol. The Balaban J connectivity index is 1.52. The maximum Gasteiger partial charge on any atom is 0.289 e. The Morgan fingerprint density at radius 3 is 2.74 bits per heavy atom. The van der Waals surface area contributed by atoms with Gasteiger partial charge < -0.3 is 9.64 Å². The molecule has 0 unspecified atom stereocenters. The van der Waals surface area contributed by atoms with Crippen LogP contribution in [0.15, 0.2) is 29.7 Å². The first kappa shape index (κ1) is 19.1. The first-order chi connectivity index (χ1) is 13.0. The number of benzene rings is 1. The minimum atomic E-state index is -0.445. The van der Waals surface area contributed by atoms with Gasteiger partial charge >= 0.3 is 0 Å². The Morgan fingerprint density at radius 1 is 1.22 bits per heavy atom. The van der Waals surface area contributed by atoms with Crippen molar-refractivity contribution in [1.29, 1.82) is 0 Å². The van der Waals surface area contributed by atoms with Crippen molar-refractivity contribution in [2.24, 2.45) is 0 Å². The molecule has 1 aromatic carbocycles. The summed E-state index contributed by atoms with van der Waals surface area (Å²) in [5, 5.41) is 2.46. The SMILES string of the molecule is Cc1ccc(/C=C/C(=O)NNC(=O)c2csc(N3CCOCC3)n2)c(C)c1. The van der Waals surface area contributed by atoms with Gasteiger partial charge in [-0.3, -0.25) is 20.4 Å². The number of morpholine rings is 1. The molecule has 2 N–H and O–H groups in total. The molecule has 8 heteroatoms. The summed E-state index contributed by atoms with van der Waals surface area (Å²) in [7, 11) is 0.